The minimum atomic E-state index is -0.352. The number of ether oxygens (including phenoxy) is 2. The van der Waals surface area contributed by atoms with E-state index in [1.54, 1.807) is 6.26 Å². The molecule has 1 spiro atoms. The number of nitrogens with one attached hydrogen (secondary N) is 1. The summed E-state index contributed by atoms with van der Waals surface area (Å²) in [5.41, 5.74) is 0. The summed E-state index contributed by atoms with van der Waals surface area (Å²) in [6.45, 7) is 1.39. The van der Waals surface area contributed by atoms with E-state index in [-0.39, 0.29) is 17.7 Å². The minimum absolute atomic E-state index is 0.0932. The highest BCUT2D eigenvalue weighted by atomic mass is 16.7. The average Bonchev–Trinajstić information content (AvgIpc) is 3.12. The molecule has 3 rings (SSSR count). The third-order valence-electron chi connectivity index (χ3n) is 4.10. The maximum Gasteiger partial charge on any atom is 0.220 e. The summed E-state index contributed by atoms with van der Waals surface area (Å²) in [7, 11) is 0. The lowest BCUT2D eigenvalue weighted by molar-refractivity contribution is -0.180. The molecule has 5 heteroatoms. The van der Waals surface area contributed by atoms with Gasteiger partial charge in [0.2, 0.25) is 5.91 Å². The summed E-state index contributed by atoms with van der Waals surface area (Å²) >= 11 is 0. The lowest BCUT2D eigenvalue weighted by Gasteiger charge is -2.35. The molecule has 1 aromatic rings. The molecule has 1 saturated heterocycles. The number of furan rings is 1. The fourth-order valence-corrected chi connectivity index (χ4v) is 2.98. The van der Waals surface area contributed by atoms with Crippen molar-refractivity contribution in [3.05, 3.63) is 24.2 Å². The summed E-state index contributed by atoms with van der Waals surface area (Å²) in [6, 6.07) is 3.99. The van der Waals surface area contributed by atoms with Crippen molar-refractivity contribution in [2.24, 2.45) is 0 Å². The highest BCUT2D eigenvalue weighted by Crippen LogP contribution is 2.35. The molecule has 1 amide bonds. The van der Waals surface area contributed by atoms with E-state index in [2.05, 4.69) is 5.32 Å². The number of hydrogen-bond acceptors (Lipinski definition) is 4. The zero-order valence-corrected chi connectivity index (χ0v) is 11.6. The standard InChI is InChI=1S/C15H21NO4/c17-14(4-3-13-2-1-9-18-13)16-12-5-7-15(8-6-12)19-10-11-20-15/h1-2,9,12H,3-8,10-11H2,(H,16,17). The van der Waals surface area contributed by atoms with Gasteiger partial charge in [0.1, 0.15) is 5.76 Å². The molecule has 1 aliphatic heterocycles. The lowest BCUT2D eigenvalue weighted by atomic mass is 9.90. The van der Waals surface area contributed by atoms with Gasteiger partial charge in [-0.25, -0.2) is 0 Å². The number of carbonyl (C=O) groups is 1. The highest BCUT2D eigenvalue weighted by molar-refractivity contribution is 5.76. The molecular weight excluding hydrogens is 258 g/mol. The van der Waals surface area contributed by atoms with Crippen LogP contribution in [0.25, 0.3) is 0 Å². The van der Waals surface area contributed by atoms with Crippen LogP contribution in [0.3, 0.4) is 0 Å². The second-order valence-electron chi connectivity index (χ2n) is 5.53. The lowest BCUT2D eigenvalue weighted by Crippen LogP contribution is -2.44. The van der Waals surface area contributed by atoms with Gasteiger partial charge >= 0.3 is 0 Å². The van der Waals surface area contributed by atoms with Crippen LogP contribution in [0, 0.1) is 0 Å². The molecule has 0 bridgehead atoms. The summed E-state index contributed by atoms with van der Waals surface area (Å²) in [6.07, 6.45) is 6.35. The summed E-state index contributed by atoms with van der Waals surface area (Å²) in [4.78, 5) is 11.9. The molecular formula is C15H21NO4. The van der Waals surface area contributed by atoms with Gasteiger partial charge in [0, 0.05) is 31.7 Å². The first-order chi connectivity index (χ1) is 9.76. The first-order valence-corrected chi connectivity index (χ1v) is 7.35. The Morgan fingerprint density at radius 2 is 2.05 bits per heavy atom. The van der Waals surface area contributed by atoms with Gasteiger partial charge in [-0.15, -0.1) is 0 Å². The molecule has 1 N–H and O–H groups in total. The fourth-order valence-electron chi connectivity index (χ4n) is 2.98. The van der Waals surface area contributed by atoms with Crippen molar-refractivity contribution in [1.82, 2.24) is 5.32 Å². The van der Waals surface area contributed by atoms with Crippen molar-refractivity contribution < 1.29 is 18.7 Å². The zero-order valence-electron chi connectivity index (χ0n) is 11.6. The second-order valence-corrected chi connectivity index (χ2v) is 5.53. The molecule has 5 nitrogen and oxygen atoms in total. The normalized spacial score (nSPS) is 22.2. The van der Waals surface area contributed by atoms with Gasteiger partial charge in [0.25, 0.3) is 0 Å². The Morgan fingerprint density at radius 1 is 1.30 bits per heavy atom. The van der Waals surface area contributed by atoms with E-state index in [4.69, 9.17) is 13.9 Å². The maximum absolute atomic E-state index is 11.9. The third-order valence-corrected chi connectivity index (χ3v) is 4.10. The molecule has 2 heterocycles. The summed E-state index contributed by atoms with van der Waals surface area (Å²) in [5, 5.41) is 3.10. The molecule has 110 valence electrons. The Balaban J connectivity index is 1.39. The van der Waals surface area contributed by atoms with E-state index in [1.807, 2.05) is 12.1 Å². The van der Waals surface area contributed by atoms with Crippen LogP contribution in [-0.2, 0) is 20.7 Å². The van der Waals surface area contributed by atoms with Crippen LogP contribution >= 0.6 is 0 Å². The topological polar surface area (TPSA) is 60.7 Å². The van der Waals surface area contributed by atoms with Gasteiger partial charge in [0.15, 0.2) is 5.79 Å². The van der Waals surface area contributed by atoms with Crippen molar-refractivity contribution in [1.29, 1.82) is 0 Å². The van der Waals surface area contributed by atoms with Crippen molar-refractivity contribution >= 4 is 5.91 Å². The number of aryl methyl sites for hydroxylation is 1. The van der Waals surface area contributed by atoms with Gasteiger partial charge in [0.05, 0.1) is 19.5 Å². The fraction of sp³-hybridized carbons (Fsp3) is 0.667. The summed E-state index contributed by atoms with van der Waals surface area (Å²) in [5.74, 6) is 0.598. The molecule has 0 aromatic carbocycles. The maximum atomic E-state index is 11.9. The quantitative estimate of drug-likeness (QED) is 0.916. The van der Waals surface area contributed by atoms with Crippen LogP contribution in [0.4, 0.5) is 0 Å². The van der Waals surface area contributed by atoms with E-state index in [0.717, 1.165) is 31.4 Å². The Morgan fingerprint density at radius 3 is 2.70 bits per heavy atom. The van der Waals surface area contributed by atoms with E-state index in [9.17, 15) is 4.79 Å². The van der Waals surface area contributed by atoms with Gasteiger partial charge < -0.3 is 19.2 Å². The average molecular weight is 279 g/mol. The van der Waals surface area contributed by atoms with Gasteiger partial charge in [-0.05, 0) is 25.0 Å². The second kappa shape index (κ2) is 5.97. The predicted octanol–water partition coefficient (Wildman–Crippen LogP) is 2.01. The zero-order chi connectivity index (χ0) is 13.8. The Kier molecular flexibility index (Phi) is 4.08. The van der Waals surface area contributed by atoms with Crippen LogP contribution in [0.5, 0.6) is 0 Å². The van der Waals surface area contributed by atoms with E-state index in [1.165, 1.54) is 0 Å². The van der Waals surface area contributed by atoms with E-state index >= 15 is 0 Å². The monoisotopic (exact) mass is 279 g/mol. The van der Waals surface area contributed by atoms with Crippen LogP contribution in [0.2, 0.25) is 0 Å². The smallest absolute Gasteiger partial charge is 0.220 e. The Bertz CT molecular complexity index is 427. The molecule has 2 aliphatic rings. The first kappa shape index (κ1) is 13.6. The molecule has 0 unspecified atom stereocenters. The van der Waals surface area contributed by atoms with Gasteiger partial charge in [-0.1, -0.05) is 0 Å². The molecule has 1 saturated carbocycles. The molecule has 20 heavy (non-hydrogen) atoms. The number of amides is 1. The molecule has 0 radical (unpaired) electrons. The van der Waals surface area contributed by atoms with E-state index in [0.29, 0.717) is 26.1 Å². The van der Waals surface area contributed by atoms with Crippen molar-refractivity contribution in [3.63, 3.8) is 0 Å². The Labute approximate surface area is 118 Å². The van der Waals surface area contributed by atoms with Gasteiger partial charge in [-0.2, -0.15) is 0 Å². The van der Waals surface area contributed by atoms with Crippen LogP contribution < -0.4 is 5.32 Å². The number of carbonyl (C=O) groups excluding carboxylic acids is 1. The molecule has 2 fully saturated rings. The number of rotatable bonds is 4. The largest absolute Gasteiger partial charge is 0.469 e. The predicted molar refractivity (Wildman–Crippen MR) is 72.1 cm³/mol. The van der Waals surface area contributed by atoms with Crippen LogP contribution in [0.1, 0.15) is 37.9 Å². The van der Waals surface area contributed by atoms with Crippen molar-refractivity contribution in [2.75, 3.05) is 13.2 Å². The van der Waals surface area contributed by atoms with Crippen LogP contribution in [0.15, 0.2) is 22.8 Å². The minimum Gasteiger partial charge on any atom is -0.469 e. The van der Waals surface area contributed by atoms with Crippen LogP contribution in [-0.4, -0.2) is 30.9 Å². The SMILES string of the molecule is O=C(CCc1ccco1)NC1CCC2(CC1)OCCO2. The Hall–Kier alpha value is -1.33. The summed E-state index contributed by atoms with van der Waals surface area (Å²) < 4.78 is 16.6. The molecule has 1 aliphatic carbocycles. The third kappa shape index (κ3) is 3.22. The van der Waals surface area contributed by atoms with Crippen molar-refractivity contribution in [3.8, 4) is 0 Å². The molecule has 1 aromatic heterocycles. The van der Waals surface area contributed by atoms with Crippen molar-refractivity contribution in [2.45, 2.75) is 50.4 Å². The van der Waals surface area contributed by atoms with E-state index < -0.39 is 0 Å². The molecule has 0 atom stereocenters. The number of hydrogen-bond donors (Lipinski definition) is 1. The van der Waals surface area contributed by atoms with Gasteiger partial charge in [-0.3, -0.25) is 4.79 Å². The first-order valence-electron chi connectivity index (χ1n) is 7.35. The highest BCUT2D eigenvalue weighted by Gasteiger charge is 2.40.